The number of rotatable bonds is 18. The van der Waals surface area contributed by atoms with Crippen LogP contribution in [-0.2, 0) is 22.6 Å². The van der Waals surface area contributed by atoms with Gasteiger partial charge in [-0.05, 0) is 125 Å². The van der Waals surface area contributed by atoms with E-state index in [0.717, 1.165) is 84.7 Å². The van der Waals surface area contributed by atoms with Crippen LogP contribution in [-0.4, -0.2) is 107 Å². The number of aliphatic hydroxyl groups excluding tert-OH is 1. The van der Waals surface area contributed by atoms with Crippen LogP contribution in [0, 0.1) is 0 Å². The fourth-order valence-electron chi connectivity index (χ4n) is 8.98. The lowest BCUT2D eigenvalue weighted by Crippen LogP contribution is -2.38. The van der Waals surface area contributed by atoms with Crippen molar-refractivity contribution in [1.82, 2.24) is 18.9 Å². The zero-order chi connectivity index (χ0) is 38.1. The Labute approximate surface area is 325 Å². The van der Waals surface area contributed by atoms with Gasteiger partial charge in [-0.15, -0.1) is 0 Å². The zero-order valence-corrected chi connectivity index (χ0v) is 32.6. The van der Waals surface area contributed by atoms with E-state index >= 15 is 0 Å². The van der Waals surface area contributed by atoms with Gasteiger partial charge in [0.05, 0.1) is 31.4 Å². The van der Waals surface area contributed by atoms with E-state index in [0.29, 0.717) is 43.0 Å². The summed E-state index contributed by atoms with van der Waals surface area (Å²) in [5, 5.41) is 23.5. The first-order chi connectivity index (χ1) is 27.0. The van der Waals surface area contributed by atoms with Crippen LogP contribution in [0.4, 0.5) is 0 Å². The SMILES string of the molecule is CCOCCn1cc(C2CCN(CCOc3ccc(C(=O)O)c(C(CO)N4CCC(c5cn(CCOCC)c6ccccc56)CC4)c3)CC2)c2ccccc21. The van der Waals surface area contributed by atoms with Crippen molar-refractivity contribution >= 4 is 27.8 Å². The second-order valence-corrected chi connectivity index (χ2v) is 15.0. The first-order valence-electron chi connectivity index (χ1n) is 20.4. The highest BCUT2D eigenvalue weighted by molar-refractivity contribution is 5.90. The van der Waals surface area contributed by atoms with Gasteiger partial charge in [0.2, 0.25) is 0 Å². The molecule has 2 N–H and O–H groups in total. The number of fused-ring (bicyclic) bond motifs is 2. The van der Waals surface area contributed by atoms with Crippen molar-refractivity contribution in [3.63, 3.8) is 0 Å². The summed E-state index contributed by atoms with van der Waals surface area (Å²) in [6.45, 7) is 13.3. The molecule has 0 spiro atoms. The number of nitrogens with zero attached hydrogens (tertiary/aromatic N) is 4. The largest absolute Gasteiger partial charge is 0.492 e. The van der Waals surface area contributed by atoms with Crippen molar-refractivity contribution in [2.24, 2.45) is 0 Å². The van der Waals surface area contributed by atoms with E-state index in [-0.39, 0.29) is 12.2 Å². The Kier molecular flexibility index (Phi) is 13.2. The topological polar surface area (TPSA) is 102 Å². The van der Waals surface area contributed by atoms with Crippen LogP contribution < -0.4 is 4.74 Å². The van der Waals surface area contributed by atoms with Crippen LogP contribution in [0.5, 0.6) is 5.75 Å². The van der Waals surface area contributed by atoms with Crippen LogP contribution in [0.15, 0.2) is 79.1 Å². The van der Waals surface area contributed by atoms with Crippen LogP contribution in [0.2, 0.25) is 0 Å². The highest BCUT2D eigenvalue weighted by Crippen LogP contribution is 2.38. The molecular formula is C45H58N4O6. The number of carbonyl (C=O) groups is 1. The number of aliphatic hydroxyl groups is 1. The molecule has 7 rings (SSSR count). The number of benzene rings is 3. The maximum atomic E-state index is 12.4. The molecule has 0 radical (unpaired) electrons. The molecule has 4 heterocycles. The molecule has 1 atom stereocenters. The third-order valence-electron chi connectivity index (χ3n) is 11.9. The molecule has 294 valence electrons. The fraction of sp³-hybridized carbons (Fsp3) is 0.489. The molecular weight excluding hydrogens is 693 g/mol. The molecule has 0 amide bonds. The van der Waals surface area contributed by atoms with Gasteiger partial charge in [0.1, 0.15) is 12.4 Å². The standard InChI is InChI=1S/C45H58N4O6/c1-3-53-26-24-48-30-40(36-9-5-7-11-42(36)48)33-15-19-46(20-16-33)23-28-55-35-13-14-38(45(51)52)39(29-35)44(32-50)47-21-17-34(18-22-47)41-31-49(25-27-54-4-2)43-12-8-6-10-37(41)43/h5-14,29-31,33-34,44,50H,3-4,15-28,32H2,1-2H3,(H,51,52). The molecule has 55 heavy (non-hydrogen) atoms. The van der Waals surface area contributed by atoms with Gasteiger partial charge in [0.25, 0.3) is 0 Å². The Morgan fingerprint density at radius 1 is 0.727 bits per heavy atom. The summed E-state index contributed by atoms with van der Waals surface area (Å²) in [5.74, 6) is 0.560. The van der Waals surface area contributed by atoms with Gasteiger partial charge in [-0.1, -0.05) is 36.4 Å². The van der Waals surface area contributed by atoms with E-state index in [2.05, 4.69) is 79.9 Å². The van der Waals surface area contributed by atoms with Crippen molar-refractivity contribution in [2.45, 2.75) is 70.5 Å². The summed E-state index contributed by atoms with van der Waals surface area (Å²) in [7, 11) is 0. The predicted molar refractivity (Wildman–Crippen MR) is 218 cm³/mol. The Hall–Kier alpha value is -4.19. The van der Waals surface area contributed by atoms with E-state index in [1.807, 2.05) is 19.9 Å². The van der Waals surface area contributed by atoms with Crippen molar-refractivity contribution in [3.05, 3.63) is 101 Å². The van der Waals surface area contributed by atoms with Crippen LogP contribution in [0.25, 0.3) is 21.8 Å². The van der Waals surface area contributed by atoms with Gasteiger partial charge < -0.3 is 33.6 Å². The summed E-state index contributed by atoms with van der Waals surface area (Å²) < 4.78 is 22.2. The highest BCUT2D eigenvalue weighted by Gasteiger charge is 2.31. The number of hydrogen-bond donors (Lipinski definition) is 2. The summed E-state index contributed by atoms with van der Waals surface area (Å²) in [4.78, 5) is 17.1. The van der Waals surface area contributed by atoms with E-state index < -0.39 is 12.0 Å². The molecule has 1 unspecified atom stereocenters. The van der Waals surface area contributed by atoms with Crippen molar-refractivity contribution in [2.75, 3.05) is 72.4 Å². The second-order valence-electron chi connectivity index (χ2n) is 15.0. The summed E-state index contributed by atoms with van der Waals surface area (Å²) in [6.07, 6.45) is 8.70. The molecule has 2 aliphatic heterocycles. The quantitative estimate of drug-likeness (QED) is 0.0887. The number of likely N-dealkylation sites (tertiary alicyclic amines) is 2. The summed E-state index contributed by atoms with van der Waals surface area (Å²) >= 11 is 0. The maximum Gasteiger partial charge on any atom is 0.336 e. The molecule has 5 aromatic rings. The highest BCUT2D eigenvalue weighted by atomic mass is 16.5. The average Bonchev–Trinajstić information content (AvgIpc) is 3.78. The zero-order valence-electron chi connectivity index (χ0n) is 32.6. The Bertz CT molecular complexity index is 2010. The third-order valence-corrected chi connectivity index (χ3v) is 11.9. The number of para-hydroxylation sites is 2. The molecule has 0 aliphatic carbocycles. The molecule has 3 aromatic carbocycles. The molecule has 2 aliphatic rings. The molecule has 0 saturated carbocycles. The smallest absolute Gasteiger partial charge is 0.336 e. The number of piperidine rings is 2. The van der Waals surface area contributed by atoms with Crippen molar-refractivity contribution in [1.29, 1.82) is 0 Å². The van der Waals surface area contributed by atoms with Gasteiger partial charge in [-0.2, -0.15) is 0 Å². The van der Waals surface area contributed by atoms with Crippen LogP contribution in [0.1, 0.15) is 84.5 Å². The Morgan fingerprint density at radius 3 is 1.80 bits per heavy atom. The van der Waals surface area contributed by atoms with E-state index in [1.54, 1.807) is 12.1 Å². The molecule has 10 heteroatoms. The molecule has 10 nitrogen and oxygen atoms in total. The van der Waals surface area contributed by atoms with Gasteiger partial charge in [0.15, 0.2) is 0 Å². The molecule has 2 saturated heterocycles. The van der Waals surface area contributed by atoms with Crippen LogP contribution in [0.3, 0.4) is 0 Å². The number of aromatic nitrogens is 2. The molecule has 0 bridgehead atoms. The number of carboxylic acid groups (broad SMARTS) is 1. The number of hydrogen-bond acceptors (Lipinski definition) is 7. The first kappa shape index (κ1) is 39.1. The lowest BCUT2D eigenvalue weighted by molar-refractivity contribution is 0.0681. The number of carboxylic acids is 1. The van der Waals surface area contributed by atoms with Crippen molar-refractivity contribution < 1.29 is 29.2 Å². The predicted octanol–water partition coefficient (Wildman–Crippen LogP) is 7.54. The Morgan fingerprint density at radius 2 is 1.27 bits per heavy atom. The average molecular weight is 751 g/mol. The minimum Gasteiger partial charge on any atom is -0.492 e. The summed E-state index contributed by atoms with van der Waals surface area (Å²) in [5.41, 5.74) is 6.14. The van der Waals surface area contributed by atoms with Gasteiger partial charge in [-0.25, -0.2) is 4.79 Å². The minimum absolute atomic E-state index is 0.161. The third kappa shape index (κ3) is 8.95. The molecule has 2 fully saturated rings. The summed E-state index contributed by atoms with van der Waals surface area (Å²) in [6, 6.07) is 22.1. The van der Waals surface area contributed by atoms with Crippen molar-refractivity contribution in [3.8, 4) is 5.75 Å². The van der Waals surface area contributed by atoms with Gasteiger partial charge in [0, 0.05) is 67.0 Å². The normalized spacial score (nSPS) is 17.0. The van der Waals surface area contributed by atoms with E-state index in [4.69, 9.17) is 14.2 Å². The molecule has 2 aromatic heterocycles. The lowest BCUT2D eigenvalue weighted by atomic mass is 9.87. The first-order valence-corrected chi connectivity index (χ1v) is 20.4. The van der Waals surface area contributed by atoms with E-state index in [1.165, 1.54) is 32.9 Å². The van der Waals surface area contributed by atoms with Gasteiger partial charge in [-0.3, -0.25) is 9.80 Å². The minimum atomic E-state index is -0.991. The number of ether oxygens (including phenoxy) is 3. The lowest BCUT2D eigenvalue weighted by Gasteiger charge is -2.37. The fourth-order valence-corrected chi connectivity index (χ4v) is 8.98. The second kappa shape index (κ2) is 18.6. The monoisotopic (exact) mass is 750 g/mol. The maximum absolute atomic E-state index is 12.4. The van der Waals surface area contributed by atoms with Gasteiger partial charge >= 0.3 is 5.97 Å². The number of aromatic carboxylic acids is 1. The van der Waals surface area contributed by atoms with Crippen LogP contribution >= 0.6 is 0 Å². The van der Waals surface area contributed by atoms with E-state index in [9.17, 15) is 15.0 Å². The Balaban J connectivity index is 0.952.